The zero-order valence-electron chi connectivity index (χ0n) is 24.1. The summed E-state index contributed by atoms with van der Waals surface area (Å²) in [5, 5.41) is 13.2. The van der Waals surface area contributed by atoms with Gasteiger partial charge in [0.1, 0.15) is 11.5 Å². The van der Waals surface area contributed by atoms with Gasteiger partial charge in [0, 0.05) is 44.0 Å². The lowest BCUT2D eigenvalue weighted by molar-refractivity contribution is 0.0817. The molecule has 2 aromatic rings. The van der Waals surface area contributed by atoms with Crippen LogP contribution in [0.15, 0.2) is 48.5 Å². The van der Waals surface area contributed by atoms with E-state index in [0.717, 1.165) is 83.8 Å². The van der Waals surface area contributed by atoms with Crippen molar-refractivity contribution in [2.24, 2.45) is 0 Å². The van der Waals surface area contributed by atoms with Crippen molar-refractivity contribution in [1.82, 2.24) is 15.1 Å². The van der Waals surface area contributed by atoms with Gasteiger partial charge in [-0.25, -0.2) is 13.2 Å². The number of aliphatic hydroxyl groups is 1. The van der Waals surface area contributed by atoms with Crippen LogP contribution in [-0.2, 0) is 16.6 Å². The largest absolute Gasteiger partial charge is 0.457 e. The lowest BCUT2D eigenvalue weighted by Crippen LogP contribution is -2.53. The summed E-state index contributed by atoms with van der Waals surface area (Å²) in [6, 6.07) is 15.3. The molecule has 41 heavy (non-hydrogen) atoms. The molecule has 4 rings (SSSR count). The molecule has 0 unspecified atom stereocenters. The molecule has 0 radical (unpaired) electrons. The summed E-state index contributed by atoms with van der Waals surface area (Å²) >= 11 is 0. The number of urea groups is 1. The number of aliphatic hydroxyl groups excluding tert-OH is 1. The number of halogens is 1. The molecule has 0 spiro atoms. The number of anilines is 1. The highest BCUT2D eigenvalue weighted by Crippen LogP contribution is 2.26. The molecule has 2 aromatic carbocycles. The number of sulfonamides is 1. The van der Waals surface area contributed by atoms with Crippen molar-refractivity contribution in [3.05, 3.63) is 54.1 Å². The van der Waals surface area contributed by atoms with Crippen LogP contribution < -0.4 is 14.8 Å². The van der Waals surface area contributed by atoms with Crippen LogP contribution in [0, 0.1) is 0 Å². The molecule has 1 heterocycles. The van der Waals surface area contributed by atoms with Crippen molar-refractivity contribution in [3.8, 4) is 11.5 Å². The number of piperidine rings is 1. The summed E-state index contributed by atoms with van der Waals surface area (Å²) in [6.45, 7) is 5.65. The van der Waals surface area contributed by atoms with E-state index < -0.39 is 10.0 Å². The van der Waals surface area contributed by atoms with Gasteiger partial charge in [-0.15, -0.1) is 12.4 Å². The van der Waals surface area contributed by atoms with E-state index in [0.29, 0.717) is 17.2 Å². The summed E-state index contributed by atoms with van der Waals surface area (Å²) in [5.74, 6) is 1.35. The third-order valence-electron chi connectivity index (χ3n) is 7.76. The fourth-order valence-electron chi connectivity index (χ4n) is 5.50. The molecule has 228 valence electrons. The predicted molar refractivity (Wildman–Crippen MR) is 165 cm³/mol. The lowest BCUT2D eigenvalue weighted by Gasteiger charge is -2.38. The number of hydrogen-bond donors (Lipinski definition) is 3. The van der Waals surface area contributed by atoms with Gasteiger partial charge in [0.25, 0.3) is 0 Å². The first-order valence-corrected chi connectivity index (χ1v) is 16.4. The van der Waals surface area contributed by atoms with Gasteiger partial charge >= 0.3 is 6.03 Å². The Morgan fingerprint density at radius 2 is 1.56 bits per heavy atom. The quantitative estimate of drug-likeness (QED) is 0.317. The monoisotopic (exact) mass is 608 g/mol. The molecule has 1 aliphatic carbocycles. The van der Waals surface area contributed by atoms with E-state index in [1.807, 2.05) is 17.0 Å². The third-order valence-corrected chi connectivity index (χ3v) is 8.36. The van der Waals surface area contributed by atoms with Gasteiger partial charge in [-0.05, 0) is 86.9 Å². The number of hydrogen-bond acceptors (Lipinski definition) is 6. The Labute approximate surface area is 251 Å². The Hall–Kier alpha value is -2.53. The van der Waals surface area contributed by atoms with Crippen LogP contribution in [0.2, 0.25) is 0 Å². The van der Waals surface area contributed by atoms with Crippen LogP contribution in [0.1, 0.15) is 63.9 Å². The van der Waals surface area contributed by atoms with E-state index in [-0.39, 0.29) is 36.6 Å². The standard InChI is InChI=1S/C30H44N4O5S.ClH/c1-3-4-19-34(26-9-11-27(35)12-10-26)30(36)31-24-17-20-33(21-18-24)22-23-5-13-28(14-6-23)39-29-15-7-25(8-16-29)32-40(2,37)38;/h5-8,13-16,24,26-27,32,35H,3-4,9-12,17-22H2,1-2H3,(H,31,36);1H. The van der Waals surface area contributed by atoms with E-state index >= 15 is 0 Å². The summed E-state index contributed by atoms with van der Waals surface area (Å²) < 4.78 is 31.1. The van der Waals surface area contributed by atoms with Crippen molar-refractivity contribution < 1.29 is 23.1 Å². The molecule has 2 amide bonds. The highest BCUT2D eigenvalue weighted by Gasteiger charge is 2.30. The number of unbranched alkanes of at least 4 members (excludes halogenated alkanes) is 1. The number of carbonyl (C=O) groups excluding carboxylic acids is 1. The van der Waals surface area contributed by atoms with Crippen molar-refractivity contribution >= 4 is 34.1 Å². The minimum Gasteiger partial charge on any atom is -0.457 e. The van der Waals surface area contributed by atoms with Crippen molar-refractivity contribution in [2.45, 2.75) is 83.0 Å². The van der Waals surface area contributed by atoms with E-state index in [1.54, 1.807) is 24.3 Å². The first-order chi connectivity index (χ1) is 19.2. The number of amides is 2. The van der Waals surface area contributed by atoms with Gasteiger partial charge in [-0.2, -0.15) is 0 Å². The van der Waals surface area contributed by atoms with Crippen molar-refractivity contribution in [2.75, 3.05) is 30.6 Å². The number of carbonyl (C=O) groups is 1. The third kappa shape index (κ3) is 10.7. The van der Waals surface area contributed by atoms with Crippen LogP contribution in [0.3, 0.4) is 0 Å². The topological polar surface area (TPSA) is 111 Å². The molecule has 3 N–H and O–H groups in total. The number of nitrogens with one attached hydrogen (secondary N) is 2. The average Bonchev–Trinajstić information content (AvgIpc) is 2.92. The van der Waals surface area contributed by atoms with Gasteiger partial charge in [0.15, 0.2) is 0 Å². The Balaban J connectivity index is 0.00000462. The molecule has 2 fully saturated rings. The lowest BCUT2D eigenvalue weighted by atomic mass is 9.92. The fraction of sp³-hybridized carbons (Fsp3) is 0.567. The number of ether oxygens (including phenoxy) is 1. The van der Waals surface area contributed by atoms with Gasteiger partial charge < -0.3 is 20.1 Å². The van der Waals surface area contributed by atoms with Crippen LogP contribution in [0.25, 0.3) is 0 Å². The fourth-order valence-corrected chi connectivity index (χ4v) is 6.07. The van der Waals surface area contributed by atoms with Gasteiger partial charge in [0.2, 0.25) is 10.0 Å². The Kier molecular flexibility index (Phi) is 12.6. The van der Waals surface area contributed by atoms with Crippen LogP contribution >= 0.6 is 12.4 Å². The molecule has 0 atom stereocenters. The van der Waals surface area contributed by atoms with Crippen LogP contribution in [0.5, 0.6) is 11.5 Å². The SMILES string of the molecule is CCCCN(C(=O)NC1CCN(Cc2ccc(Oc3ccc(NS(C)(=O)=O)cc3)cc2)CC1)C1CCC(O)CC1.Cl. The highest BCUT2D eigenvalue weighted by atomic mass is 35.5. The molecular formula is C30H45ClN4O5S. The summed E-state index contributed by atoms with van der Waals surface area (Å²) in [4.78, 5) is 17.7. The average molecular weight is 609 g/mol. The van der Waals surface area contributed by atoms with Crippen molar-refractivity contribution in [1.29, 1.82) is 0 Å². The molecule has 11 heteroatoms. The molecular weight excluding hydrogens is 564 g/mol. The smallest absolute Gasteiger partial charge is 0.317 e. The molecule has 0 aromatic heterocycles. The molecule has 2 aliphatic rings. The van der Waals surface area contributed by atoms with Crippen LogP contribution in [-0.4, -0.2) is 73.4 Å². The maximum atomic E-state index is 13.2. The Morgan fingerprint density at radius 1 is 0.976 bits per heavy atom. The molecule has 1 saturated heterocycles. The number of likely N-dealkylation sites (tertiary alicyclic amines) is 1. The first-order valence-electron chi connectivity index (χ1n) is 14.5. The maximum absolute atomic E-state index is 13.2. The van der Waals surface area contributed by atoms with Gasteiger partial charge in [-0.1, -0.05) is 25.5 Å². The van der Waals surface area contributed by atoms with E-state index in [1.165, 1.54) is 5.56 Å². The van der Waals surface area contributed by atoms with Crippen LogP contribution in [0.4, 0.5) is 10.5 Å². The second-order valence-electron chi connectivity index (χ2n) is 11.2. The van der Waals surface area contributed by atoms with E-state index in [4.69, 9.17) is 4.74 Å². The van der Waals surface area contributed by atoms with Crippen molar-refractivity contribution in [3.63, 3.8) is 0 Å². The highest BCUT2D eigenvalue weighted by molar-refractivity contribution is 7.92. The summed E-state index contributed by atoms with van der Waals surface area (Å²) in [6.07, 6.45) is 8.16. The number of rotatable bonds is 11. The van der Waals surface area contributed by atoms with Gasteiger partial charge in [-0.3, -0.25) is 9.62 Å². The molecule has 0 bridgehead atoms. The zero-order valence-corrected chi connectivity index (χ0v) is 25.8. The number of nitrogens with zero attached hydrogens (tertiary/aromatic N) is 2. The minimum atomic E-state index is -3.31. The molecule has 9 nitrogen and oxygen atoms in total. The molecule has 1 aliphatic heterocycles. The predicted octanol–water partition coefficient (Wildman–Crippen LogP) is 5.35. The zero-order chi connectivity index (χ0) is 28.5. The minimum absolute atomic E-state index is 0. The van der Waals surface area contributed by atoms with E-state index in [9.17, 15) is 18.3 Å². The normalized spacial score (nSPS) is 20.1. The van der Waals surface area contributed by atoms with Gasteiger partial charge in [0.05, 0.1) is 12.4 Å². The Morgan fingerprint density at radius 3 is 2.12 bits per heavy atom. The second-order valence-corrected chi connectivity index (χ2v) is 12.9. The maximum Gasteiger partial charge on any atom is 0.317 e. The Bertz CT molecular complexity index is 1180. The molecule has 1 saturated carbocycles. The first kappa shape index (κ1) is 33.0. The van der Waals surface area contributed by atoms with E-state index in [2.05, 4.69) is 34.0 Å². The number of benzene rings is 2. The summed E-state index contributed by atoms with van der Waals surface area (Å²) in [5.41, 5.74) is 1.69. The second kappa shape index (κ2) is 15.6. The summed E-state index contributed by atoms with van der Waals surface area (Å²) in [7, 11) is -3.31.